The molecule has 20 heavy (non-hydrogen) atoms. The van der Waals surface area contributed by atoms with Crippen LogP contribution in [0.1, 0.15) is 37.5 Å². The van der Waals surface area contributed by atoms with Crippen molar-refractivity contribution in [1.29, 1.82) is 0 Å². The van der Waals surface area contributed by atoms with E-state index in [9.17, 15) is 0 Å². The van der Waals surface area contributed by atoms with Gasteiger partial charge in [0.25, 0.3) is 0 Å². The van der Waals surface area contributed by atoms with Crippen LogP contribution < -0.4 is 0 Å². The second kappa shape index (κ2) is 4.66. The van der Waals surface area contributed by atoms with Crippen molar-refractivity contribution in [3.05, 3.63) is 29.0 Å². The molecule has 0 atom stereocenters. The first-order valence-corrected chi connectivity index (χ1v) is 7.43. The van der Waals surface area contributed by atoms with Crippen molar-refractivity contribution in [3.63, 3.8) is 0 Å². The quantitative estimate of drug-likeness (QED) is 0.720. The number of fused-ring (bicyclic) bond motifs is 1. The molecule has 1 aliphatic carbocycles. The van der Waals surface area contributed by atoms with Gasteiger partial charge in [0.05, 0.1) is 5.56 Å². The maximum absolute atomic E-state index is 5.43. The van der Waals surface area contributed by atoms with Crippen molar-refractivity contribution in [2.24, 2.45) is 0 Å². The van der Waals surface area contributed by atoms with Gasteiger partial charge >= 0.3 is 0 Å². The molecule has 0 spiro atoms. The first kappa shape index (κ1) is 12.0. The maximum atomic E-state index is 5.43. The Kier molecular flexibility index (Phi) is 2.80. The predicted molar refractivity (Wildman–Crippen MR) is 75.2 cm³/mol. The number of hydrogen-bond donors (Lipinski definition) is 0. The Morgan fingerprint density at radius 3 is 3.00 bits per heavy atom. The van der Waals surface area contributed by atoms with Crippen molar-refractivity contribution in [2.45, 2.75) is 31.6 Å². The van der Waals surface area contributed by atoms with Crippen molar-refractivity contribution in [1.82, 2.24) is 24.7 Å². The smallest absolute Gasteiger partial charge is 0.230 e. The lowest BCUT2D eigenvalue weighted by molar-refractivity contribution is 0.354. The topological polar surface area (TPSA) is 69.1 Å². The summed E-state index contributed by atoms with van der Waals surface area (Å²) in [6.45, 7) is 0. The highest BCUT2D eigenvalue weighted by atomic mass is 79.9. The van der Waals surface area contributed by atoms with Gasteiger partial charge in [0.15, 0.2) is 5.65 Å². The molecule has 3 aromatic heterocycles. The third kappa shape index (κ3) is 1.93. The van der Waals surface area contributed by atoms with E-state index in [-0.39, 0.29) is 0 Å². The summed E-state index contributed by atoms with van der Waals surface area (Å²) in [5, 5.41) is 8.25. The number of pyridine rings is 1. The molecule has 4 rings (SSSR count). The van der Waals surface area contributed by atoms with Crippen LogP contribution in [-0.2, 0) is 0 Å². The molecule has 0 bridgehead atoms. The van der Waals surface area contributed by atoms with E-state index in [0.717, 1.165) is 34.4 Å². The standard InChI is InChI=1S/C13H12BrN5O/c14-9-5-10(12-15-7-16-19(12)6-9)11-17-13(20-18-11)8-3-1-2-4-8/h5-8H,1-4H2. The number of halogens is 1. The van der Waals surface area contributed by atoms with E-state index in [1.54, 1.807) is 4.52 Å². The van der Waals surface area contributed by atoms with Gasteiger partial charge in [-0.2, -0.15) is 10.1 Å². The number of hydrogen-bond acceptors (Lipinski definition) is 5. The normalized spacial score (nSPS) is 16.2. The molecule has 0 aliphatic heterocycles. The minimum atomic E-state index is 0.414. The molecule has 3 aromatic rings. The minimum Gasteiger partial charge on any atom is -0.339 e. The maximum Gasteiger partial charge on any atom is 0.230 e. The lowest BCUT2D eigenvalue weighted by Gasteiger charge is -2.00. The Morgan fingerprint density at radius 1 is 1.30 bits per heavy atom. The molecule has 6 nitrogen and oxygen atoms in total. The van der Waals surface area contributed by atoms with Crippen LogP contribution in [0.15, 0.2) is 27.6 Å². The zero-order valence-corrected chi connectivity index (χ0v) is 12.2. The summed E-state index contributed by atoms with van der Waals surface area (Å²) in [7, 11) is 0. The third-order valence-corrected chi connectivity index (χ3v) is 4.16. The second-order valence-electron chi connectivity index (χ2n) is 5.04. The van der Waals surface area contributed by atoms with Crippen LogP contribution in [0.4, 0.5) is 0 Å². The van der Waals surface area contributed by atoms with Crippen LogP contribution in [-0.4, -0.2) is 24.7 Å². The summed E-state index contributed by atoms with van der Waals surface area (Å²) in [5.41, 5.74) is 1.55. The highest BCUT2D eigenvalue weighted by molar-refractivity contribution is 9.10. The van der Waals surface area contributed by atoms with Crippen molar-refractivity contribution < 1.29 is 4.52 Å². The molecule has 1 aliphatic rings. The summed E-state index contributed by atoms with van der Waals surface area (Å²) in [6.07, 6.45) is 8.13. The average molecular weight is 334 g/mol. The highest BCUT2D eigenvalue weighted by Gasteiger charge is 2.24. The van der Waals surface area contributed by atoms with Gasteiger partial charge in [-0.3, -0.25) is 0 Å². The van der Waals surface area contributed by atoms with Crippen LogP contribution in [0.5, 0.6) is 0 Å². The van der Waals surface area contributed by atoms with Gasteiger partial charge in [-0.1, -0.05) is 18.0 Å². The number of aromatic nitrogens is 5. The van der Waals surface area contributed by atoms with Gasteiger partial charge in [-0.15, -0.1) is 0 Å². The van der Waals surface area contributed by atoms with Gasteiger partial charge in [0.1, 0.15) is 6.33 Å². The van der Waals surface area contributed by atoms with Crippen LogP contribution in [0, 0.1) is 0 Å². The first-order chi connectivity index (χ1) is 9.81. The Balaban J connectivity index is 1.80. The molecule has 0 unspecified atom stereocenters. The summed E-state index contributed by atoms with van der Waals surface area (Å²) < 4.78 is 8.03. The van der Waals surface area contributed by atoms with E-state index in [1.807, 2.05) is 12.3 Å². The fourth-order valence-electron chi connectivity index (χ4n) is 2.74. The lowest BCUT2D eigenvalue weighted by Crippen LogP contribution is -1.94. The molecule has 0 saturated heterocycles. The average Bonchev–Trinajstić information content (AvgIpc) is 3.18. The molecule has 0 amide bonds. The van der Waals surface area contributed by atoms with Gasteiger partial charge in [-0.05, 0) is 34.8 Å². The molecule has 0 aromatic carbocycles. The Morgan fingerprint density at radius 2 is 2.15 bits per heavy atom. The molecular weight excluding hydrogens is 322 g/mol. The van der Waals surface area contributed by atoms with E-state index >= 15 is 0 Å². The third-order valence-electron chi connectivity index (χ3n) is 3.73. The predicted octanol–water partition coefficient (Wildman–Crippen LogP) is 3.20. The first-order valence-electron chi connectivity index (χ1n) is 6.64. The van der Waals surface area contributed by atoms with E-state index in [1.165, 1.54) is 19.2 Å². The molecule has 1 fully saturated rings. The molecular formula is C13H12BrN5O. The second-order valence-corrected chi connectivity index (χ2v) is 5.95. The van der Waals surface area contributed by atoms with E-state index < -0.39 is 0 Å². The number of rotatable bonds is 2. The molecule has 0 radical (unpaired) electrons. The summed E-state index contributed by atoms with van der Waals surface area (Å²) in [6, 6.07) is 1.94. The Bertz CT molecular complexity index is 759. The Hall–Kier alpha value is -1.76. The zero-order chi connectivity index (χ0) is 13.5. The van der Waals surface area contributed by atoms with Crippen LogP contribution in [0.3, 0.4) is 0 Å². The molecule has 7 heteroatoms. The van der Waals surface area contributed by atoms with E-state index in [4.69, 9.17) is 4.52 Å². The van der Waals surface area contributed by atoms with E-state index in [2.05, 4.69) is 36.2 Å². The fourth-order valence-corrected chi connectivity index (χ4v) is 3.16. The summed E-state index contributed by atoms with van der Waals surface area (Å²) in [5.74, 6) is 1.73. The number of nitrogens with zero attached hydrogens (tertiary/aromatic N) is 5. The highest BCUT2D eigenvalue weighted by Crippen LogP contribution is 2.34. The monoisotopic (exact) mass is 333 g/mol. The van der Waals surface area contributed by atoms with E-state index in [0.29, 0.717) is 11.7 Å². The van der Waals surface area contributed by atoms with Gasteiger partial charge in [0, 0.05) is 16.6 Å². The minimum absolute atomic E-state index is 0.414. The van der Waals surface area contributed by atoms with Crippen molar-refractivity contribution in [3.8, 4) is 11.4 Å². The molecule has 102 valence electrons. The fraction of sp³-hybridized carbons (Fsp3) is 0.385. The molecule has 1 saturated carbocycles. The van der Waals surface area contributed by atoms with Crippen molar-refractivity contribution in [2.75, 3.05) is 0 Å². The summed E-state index contributed by atoms with van der Waals surface area (Å²) in [4.78, 5) is 8.81. The van der Waals surface area contributed by atoms with Gasteiger partial charge in [0.2, 0.25) is 11.7 Å². The SMILES string of the molecule is Brc1cc(-c2noc(C3CCCC3)n2)c2ncnn2c1. The Labute approximate surface area is 123 Å². The van der Waals surface area contributed by atoms with Crippen LogP contribution >= 0.6 is 15.9 Å². The zero-order valence-electron chi connectivity index (χ0n) is 10.7. The molecule has 0 N–H and O–H groups in total. The molecule has 3 heterocycles. The van der Waals surface area contributed by atoms with Gasteiger partial charge < -0.3 is 4.52 Å². The van der Waals surface area contributed by atoms with Crippen molar-refractivity contribution >= 4 is 21.6 Å². The largest absolute Gasteiger partial charge is 0.339 e. The summed E-state index contributed by atoms with van der Waals surface area (Å²) >= 11 is 3.46. The van der Waals surface area contributed by atoms with Gasteiger partial charge in [-0.25, -0.2) is 9.50 Å². The lowest BCUT2D eigenvalue weighted by atomic mass is 10.1. The van der Waals surface area contributed by atoms with Crippen LogP contribution in [0.25, 0.3) is 17.0 Å². The van der Waals surface area contributed by atoms with Crippen LogP contribution in [0.2, 0.25) is 0 Å².